The lowest BCUT2D eigenvalue weighted by molar-refractivity contribution is 0.176. The fourth-order valence-electron chi connectivity index (χ4n) is 2.00. The van der Waals surface area contributed by atoms with E-state index < -0.39 is 0 Å². The first-order chi connectivity index (χ1) is 6.74. The number of hydrogen-bond donors (Lipinski definition) is 1. The molecule has 14 heavy (non-hydrogen) atoms. The van der Waals surface area contributed by atoms with Gasteiger partial charge in [0, 0.05) is 11.4 Å². The predicted octanol–water partition coefficient (Wildman–Crippen LogP) is 1.61. The molecule has 0 saturated carbocycles. The highest BCUT2D eigenvalue weighted by molar-refractivity contribution is 6.31. The lowest BCUT2D eigenvalue weighted by Crippen LogP contribution is -2.07. The maximum Gasteiger partial charge on any atom is 0.112 e. The summed E-state index contributed by atoms with van der Waals surface area (Å²) in [6.07, 6.45) is 0.365. The van der Waals surface area contributed by atoms with E-state index in [0.717, 1.165) is 16.9 Å². The van der Waals surface area contributed by atoms with Gasteiger partial charge in [-0.2, -0.15) is 0 Å². The summed E-state index contributed by atoms with van der Waals surface area (Å²) < 4.78 is 2.05. The van der Waals surface area contributed by atoms with Gasteiger partial charge in [0.2, 0.25) is 0 Å². The molecule has 0 fully saturated rings. The van der Waals surface area contributed by atoms with Gasteiger partial charge in [-0.3, -0.25) is 0 Å². The van der Waals surface area contributed by atoms with Crippen molar-refractivity contribution >= 4 is 22.6 Å². The minimum absolute atomic E-state index is 0.280. The van der Waals surface area contributed by atoms with E-state index in [0.29, 0.717) is 18.0 Å². The van der Waals surface area contributed by atoms with Crippen molar-refractivity contribution in [3.8, 4) is 0 Å². The zero-order valence-corrected chi connectivity index (χ0v) is 8.20. The zero-order valence-electron chi connectivity index (χ0n) is 7.44. The maximum absolute atomic E-state index is 9.47. The molecule has 1 N–H and O–H groups in total. The standard InChI is InChI=1S/C10H9ClN2O/c11-6-1-2-9-8(3-6)12-10-4-7(14)5-13(9)10/h1-3,7,14H,4-5H2. The highest BCUT2D eigenvalue weighted by Gasteiger charge is 2.22. The third kappa shape index (κ3) is 1.06. The Kier molecular flexibility index (Phi) is 1.60. The van der Waals surface area contributed by atoms with E-state index in [1.807, 2.05) is 18.2 Å². The fourth-order valence-corrected chi connectivity index (χ4v) is 2.16. The molecule has 72 valence electrons. The van der Waals surface area contributed by atoms with Crippen LogP contribution in [-0.2, 0) is 13.0 Å². The van der Waals surface area contributed by atoms with Gasteiger partial charge in [0.25, 0.3) is 0 Å². The van der Waals surface area contributed by atoms with Gasteiger partial charge in [0.15, 0.2) is 0 Å². The summed E-state index contributed by atoms with van der Waals surface area (Å²) in [4.78, 5) is 4.42. The maximum atomic E-state index is 9.47. The second kappa shape index (κ2) is 2.72. The van der Waals surface area contributed by atoms with Gasteiger partial charge in [0.1, 0.15) is 5.82 Å². The predicted molar refractivity (Wildman–Crippen MR) is 54.5 cm³/mol. The molecule has 1 aliphatic rings. The average Bonchev–Trinajstić information content (AvgIpc) is 2.59. The van der Waals surface area contributed by atoms with Crippen LogP contribution in [0, 0.1) is 0 Å². The molecule has 0 saturated heterocycles. The van der Waals surface area contributed by atoms with Crippen molar-refractivity contribution in [1.29, 1.82) is 0 Å². The van der Waals surface area contributed by atoms with E-state index >= 15 is 0 Å². The van der Waals surface area contributed by atoms with Crippen molar-refractivity contribution in [3.63, 3.8) is 0 Å². The molecule has 1 aromatic heterocycles. The summed E-state index contributed by atoms with van der Waals surface area (Å²) in [6.45, 7) is 0.646. The van der Waals surface area contributed by atoms with E-state index in [4.69, 9.17) is 11.6 Å². The van der Waals surface area contributed by atoms with E-state index in [-0.39, 0.29) is 6.10 Å². The third-order valence-electron chi connectivity index (χ3n) is 2.60. The highest BCUT2D eigenvalue weighted by Crippen LogP contribution is 2.25. The molecular weight excluding hydrogens is 200 g/mol. The van der Waals surface area contributed by atoms with Crippen molar-refractivity contribution in [2.75, 3.05) is 0 Å². The lowest BCUT2D eigenvalue weighted by Gasteiger charge is -2.00. The van der Waals surface area contributed by atoms with E-state index in [9.17, 15) is 5.11 Å². The Balaban J connectivity index is 2.28. The van der Waals surface area contributed by atoms with Gasteiger partial charge in [-0.25, -0.2) is 4.98 Å². The number of fused-ring (bicyclic) bond motifs is 3. The molecule has 2 aromatic rings. The van der Waals surface area contributed by atoms with Crippen LogP contribution in [0.25, 0.3) is 11.0 Å². The molecule has 0 spiro atoms. The summed E-state index contributed by atoms with van der Waals surface area (Å²) >= 11 is 5.87. The van der Waals surface area contributed by atoms with Gasteiger partial charge in [-0.15, -0.1) is 0 Å². The summed E-state index contributed by atoms with van der Waals surface area (Å²) in [7, 11) is 0. The van der Waals surface area contributed by atoms with Gasteiger partial charge >= 0.3 is 0 Å². The number of halogens is 1. The smallest absolute Gasteiger partial charge is 0.112 e. The minimum Gasteiger partial charge on any atom is -0.391 e. The highest BCUT2D eigenvalue weighted by atomic mass is 35.5. The van der Waals surface area contributed by atoms with Crippen LogP contribution in [0.1, 0.15) is 5.82 Å². The third-order valence-corrected chi connectivity index (χ3v) is 2.84. The second-order valence-corrected chi connectivity index (χ2v) is 4.07. The molecule has 1 aliphatic heterocycles. The van der Waals surface area contributed by atoms with Crippen molar-refractivity contribution < 1.29 is 5.11 Å². The fraction of sp³-hybridized carbons (Fsp3) is 0.300. The van der Waals surface area contributed by atoms with Crippen molar-refractivity contribution in [2.24, 2.45) is 0 Å². The molecule has 0 radical (unpaired) electrons. The Morgan fingerprint density at radius 2 is 2.36 bits per heavy atom. The SMILES string of the molecule is OC1Cc2nc3cc(Cl)ccc3n2C1. The molecule has 2 heterocycles. The van der Waals surface area contributed by atoms with Crippen LogP contribution in [0.5, 0.6) is 0 Å². The number of aliphatic hydroxyl groups is 1. The first-order valence-corrected chi connectivity index (χ1v) is 4.94. The van der Waals surface area contributed by atoms with Crippen LogP contribution in [0.2, 0.25) is 5.02 Å². The molecular formula is C10H9ClN2O. The quantitative estimate of drug-likeness (QED) is 0.714. The number of hydrogen-bond acceptors (Lipinski definition) is 2. The molecule has 3 nitrogen and oxygen atoms in total. The molecule has 3 rings (SSSR count). The summed E-state index contributed by atoms with van der Waals surface area (Å²) in [5, 5.41) is 10.2. The normalized spacial score (nSPS) is 20.3. The topological polar surface area (TPSA) is 38.1 Å². The van der Waals surface area contributed by atoms with Crippen LogP contribution >= 0.6 is 11.6 Å². The summed E-state index contributed by atoms with van der Waals surface area (Å²) in [5.74, 6) is 0.953. The molecule has 0 aliphatic carbocycles. The van der Waals surface area contributed by atoms with Gasteiger partial charge in [0.05, 0.1) is 23.7 Å². The number of benzene rings is 1. The monoisotopic (exact) mass is 208 g/mol. The largest absolute Gasteiger partial charge is 0.391 e. The van der Waals surface area contributed by atoms with Crippen molar-refractivity contribution in [2.45, 2.75) is 19.1 Å². The number of imidazole rings is 1. The van der Waals surface area contributed by atoms with Gasteiger partial charge in [-0.1, -0.05) is 11.6 Å². The van der Waals surface area contributed by atoms with Crippen molar-refractivity contribution in [3.05, 3.63) is 29.0 Å². The van der Waals surface area contributed by atoms with E-state index in [1.54, 1.807) is 0 Å². The summed E-state index contributed by atoms with van der Waals surface area (Å²) in [5.41, 5.74) is 1.97. The van der Waals surface area contributed by atoms with Crippen molar-refractivity contribution in [1.82, 2.24) is 9.55 Å². The second-order valence-electron chi connectivity index (χ2n) is 3.63. The minimum atomic E-state index is -0.280. The van der Waals surface area contributed by atoms with Crippen LogP contribution < -0.4 is 0 Å². The van der Waals surface area contributed by atoms with Crippen LogP contribution in [-0.4, -0.2) is 20.8 Å². The Bertz CT molecular complexity index is 506. The molecule has 0 amide bonds. The number of aliphatic hydroxyl groups excluding tert-OH is 1. The molecule has 4 heteroatoms. The van der Waals surface area contributed by atoms with Crippen LogP contribution in [0.15, 0.2) is 18.2 Å². The molecule has 1 atom stereocenters. The van der Waals surface area contributed by atoms with Gasteiger partial charge in [-0.05, 0) is 18.2 Å². The van der Waals surface area contributed by atoms with Gasteiger partial charge < -0.3 is 9.67 Å². The van der Waals surface area contributed by atoms with E-state index in [1.165, 1.54) is 0 Å². The Morgan fingerprint density at radius 1 is 1.50 bits per heavy atom. The molecule has 1 unspecified atom stereocenters. The summed E-state index contributed by atoms with van der Waals surface area (Å²) in [6, 6.07) is 5.66. The van der Waals surface area contributed by atoms with Crippen LogP contribution in [0.4, 0.5) is 0 Å². The number of nitrogens with zero attached hydrogens (tertiary/aromatic N) is 2. The molecule has 1 aromatic carbocycles. The first kappa shape index (κ1) is 8.26. The zero-order chi connectivity index (χ0) is 9.71. The number of rotatable bonds is 0. The Hall–Kier alpha value is -1.06. The average molecular weight is 209 g/mol. The van der Waals surface area contributed by atoms with E-state index in [2.05, 4.69) is 9.55 Å². The lowest BCUT2D eigenvalue weighted by atomic mass is 10.3. The number of aromatic nitrogens is 2. The Labute approximate surface area is 85.9 Å². The Morgan fingerprint density at radius 3 is 3.21 bits per heavy atom. The molecule has 0 bridgehead atoms. The van der Waals surface area contributed by atoms with Crippen LogP contribution in [0.3, 0.4) is 0 Å². The first-order valence-electron chi connectivity index (χ1n) is 4.57.